The van der Waals surface area contributed by atoms with Crippen molar-refractivity contribution in [2.75, 3.05) is 25.9 Å². The predicted octanol–water partition coefficient (Wildman–Crippen LogP) is 3.39. The van der Waals surface area contributed by atoms with Crippen LogP contribution in [0.4, 0.5) is 0 Å². The number of guanidine groups is 1. The maximum atomic E-state index is 11.5. The van der Waals surface area contributed by atoms with E-state index in [0.29, 0.717) is 10.3 Å². The summed E-state index contributed by atoms with van der Waals surface area (Å²) in [7, 11) is -3.13. The molecule has 0 bridgehead atoms. The van der Waals surface area contributed by atoms with Crippen molar-refractivity contribution in [1.29, 1.82) is 0 Å². The molecule has 148 valence electrons. The molecule has 1 aliphatic rings. The second-order valence-electron chi connectivity index (χ2n) is 7.31. The van der Waals surface area contributed by atoms with Gasteiger partial charge in [0.25, 0.3) is 0 Å². The molecule has 7 heteroatoms. The normalized spacial score (nSPS) is 16.8. The molecule has 1 aromatic rings. The maximum absolute atomic E-state index is 11.5. The van der Waals surface area contributed by atoms with Crippen molar-refractivity contribution < 1.29 is 8.42 Å². The molecule has 0 amide bonds. The zero-order chi connectivity index (χ0) is 18.3. The first-order valence-electron chi connectivity index (χ1n) is 9.14. The molecule has 0 aliphatic heterocycles. The summed E-state index contributed by atoms with van der Waals surface area (Å²) in [5, 5.41) is 6.67. The molecule has 1 aliphatic carbocycles. The van der Waals surface area contributed by atoms with Gasteiger partial charge in [0.05, 0.1) is 4.90 Å². The van der Waals surface area contributed by atoms with Crippen molar-refractivity contribution >= 4 is 39.8 Å². The van der Waals surface area contributed by atoms with Gasteiger partial charge in [-0.3, -0.25) is 4.99 Å². The molecule has 5 nitrogen and oxygen atoms in total. The molecular formula is C19H32IN3O2S. The number of hydrogen-bond acceptors (Lipinski definition) is 3. The van der Waals surface area contributed by atoms with Crippen molar-refractivity contribution in [3.05, 3.63) is 29.8 Å². The minimum atomic E-state index is -3.13. The van der Waals surface area contributed by atoms with E-state index in [1.165, 1.54) is 31.9 Å². The second kappa shape index (κ2) is 10.5. The number of hydrogen-bond donors (Lipinski definition) is 2. The van der Waals surface area contributed by atoms with E-state index in [2.05, 4.69) is 24.5 Å². The number of benzene rings is 1. The van der Waals surface area contributed by atoms with Crippen molar-refractivity contribution in [2.24, 2.45) is 10.4 Å². The van der Waals surface area contributed by atoms with Gasteiger partial charge < -0.3 is 10.6 Å². The number of halogens is 1. The lowest BCUT2D eigenvalue weighted by molar-refractivity contribution is 0.350. The van der Waals surface area contributed by atoms with Crippen LogP contribution in [0.25, 0.3) is 0 Å². The van der Waals surface area contributed by atoms with Gasteiger partial charge in [0.2, 0.25) is 0 Å². The van der Waals surface area contributed by atoms with Gasteiger partial charge in [-0.25, -0.2) is 8.42 Å². The van der Waals surface area contributed by atoms with Gasteiger partial charge in [-0.2, -0.15) is 0 Å². The average Bonchev–Trinajstić information content (AvgIpc) is 2.99. The lowest BCUT2D eigenvalue weighted by atomic mass is 9.89. The van der Waals surface area contributed by atoms with Crippen LogP contribution >= 0.6 is 24.0 Å². The summed E-state index contributed by atoms with van der Waals surface area (Å²) in [4.78, 5) is 5.12. The average molecular weight is 493 g/mol. The van der Waals surface area contributed by atoms with Gasteiger partial charge in [-0.15, -0.1) is 24.0 Å². The summed E-state index contributed by atoms with van der Waals surface area (Å²) >= 11 is 0. The quantitative estimate of drug-likeness (QED) is 0.347. The molecule has 0 aromatic heterocycles. The number of rotatable bonds is 7. The Morgan fingerprint density at radius 2 is 1.77 bits per heavy atom. The second-order valence-corrected chi connectivity index (χ2v) is 9.32. The first kappa shape index (κ1) is 23.2. The Hall–Kier alpha value is -0.830. The largest absolute Gasteiger partial charge is 0.357 e. The molecule has 0 heterocycles. The third-order valence-electron chi connectivity index (χ3n) is 4.83. The van der Waals surface area contributed by atoms with Crippen LogP contribution < -0.4 is 10.6 Å². The Labute approximate surface area is 175 Å². The van der Waals surface area contributed by atoms with Crippen LogP contribution in [0.1, 0.15) is 45.1 Å². The summed E-state index contributed by atoms with van der Waals surface area (Å²) in [6.07, 6.45) is 7.23. The highest BCUT2D eigenvalue weighted by molar-refractivity contribution is 14.0. The van der Waals surface area contributed by atoms with Gasteiger partial charge in [0.15, 0.2) is 15.8 Å². The van der Waals surface area contributed by atoms with E-state index < -0.39 is 9.84 Å². The zero-order valence-corrected chi connectivity index (χ0v) is 19.2. The van der Waals surface area contributed by atoms with Crippen molar-refractivity contribution in [3.8, 4) is 0 Å². The maximum Gasteiger partial charge on any atom is 0.191 e. The molecule has 0 unspecified atom stereocenters. The van der Waals surface area contributed by atoms with E-state index in [1.807, 2.05) is 12.1 Å². The Kier molecular flexibility index (Phi) is 9.36. The molecule has 1 fully saturated rings. The van der Waals surface area contributed by atoms with Crippen LogP contribution in [0, 0.1) is 5.41 Å². The summed E-state index contributed by atoms with van der Waals surface area (Å²) in [6, 6.07) is 7.10. The Balaban J connectivity index is 0.00000338. The summed E-state index contributed by atoms with van der Waals surface area (Å²) < 4.78 is 23.0. The molecule has 0 spiro atoms. The first-order valence-corrected chi connectivity index (χ1v) is 11.0. The van der Waals surface area contributed by atoms with E-state index >= 15 is 0 Å². The summed E-state index contributed by atoms with van der Waals surface area (Å²) in [5.41, 5.74) is 1.46. The highest BCUT2D eigenvalue weighted by Gasteiger charge is 2.28. The number of nitrogens with zero attached hydrogens (tertiary/aromatic N) is 1. The Morgan fingerprint density at radius 1 is 1.15 bits per heavy atom. The van der Waals surface area contributed by atoms with Crippen molar-refractivity contribution in [3.63, 3.8) is 0 Å². The minimum absolute atomic E-state index is 0. The van der Waals surface area contributed by atoms with Crippen molar-refractivity contribution in [2.45, 2.75) is 50.8 Å². The van der Waals surface area contributed by atoms with Crippen LogP contribution in [-0.2, 0) is 16.3 Å². The first-order chi connectivity index (χ1) is 11.8. The van der Waals surface area contributed by atoms with Crippen LogP contribution in [0.2, 0.25) is 0 Å². The number of aliphatic imine (C=N–C) groups is 1. The van der Waals surface area contributed by atoms with E-state index in [1.54, 1.807) is 12.1 Å². The monoisotopic (exact) mass is 493 g/mol. The van der Waals surface area contributed by atoms with Crippen LogP contribution in [0.5, 0.6) is 0 Å². The topological polar surface area (TPSA) is 70.6 Å². The van der Waals surface area contributed by atoms with Gasteiger partial charge >= 0.3 is 0 Å². The lowest BCUT2D eigenvalue weighted by Crippen LogP contribution is -2.39. The fraction of sp³-hybridized carbons (Fsp3) is 0.632. The minimum Gasteiger partial charge on any atom is -0.357 e. The fourth-order valence-electron chi connectivity index (χ4n) is 3.23. The molecule has 0 atom stereocenters. The third-order valence-corrected chi connectivity index (χ3v) is 5.96. The molecule has 2 N–H and O–H groups in total. The highest BCUT2D eigenvalue weighted by Crippen LogP contribution is 2.37. The summed E-state index contributed by atoms with van der Waals surface area (Å²) in [5.74, 6) is 0.864. The zero-order valence-electron chi connectivity index (χ0n) is 16.0. The standard InChI is InChI=1S/C19H31N3O2S.HI/c1-4-20-18(22-15-19(2)12-5-6-13-19)21-14-11-16-7-9-17(10-8-16)25(3,23)24;/h7-10H,4-6,11-15H2,1-3H3,(H2,20,21,22);1H. The van der Waals surface area contributed by atoms with Gasteiger partial charge in [-0.1, -0.05) is 31.9 Å². The van der Waals surface area contributed by atoms with Gasteiger partial charge in [-0.05, 0) is 49.3 Å². The molecule has 1 aromatic carbocycles. The summed E-state index contributed by atoms with van der Waals surface area (Å²) in [6.45, 7) is 6.87. The van der Waals surface area contributed by atoms with Crippen LogP contribution in [0.3, 0.4) is 0 Å². The van der Waals surface area contributed by atoms with Crippen LogP contribution in [-0.4, -0.2) is 40.3 Å². The van der Waals surface area contributed by atoms with E-state index in [4.69, 9.17) is 4.99 Å². The fourth-order valence-corrected chi connectivity index (χ4v) is 3.86. The van der Waals surface area contributed by atoms with Gasteiger partial charge in [0, 0.05) is 25.9 Å². The molecule has 2 rings (SSSR count). The molecular weight excluding hydrogens is 461 g/mol. The molecule has 0 saturated heterocycles. The molecule has 0 radical (unpaired) electrons. The third kappa shape index (κ3) is 7.42. The Morgan fingerprint density at radius 3 is 2.31 bits per heavy atom. The number of sulfone groups is 1. The van der Waals surface area contributed by atoms with E-state index in [0.717, 1.165) is 37.6 Å². The van der Waals surface area contributed by atoms with Crippen LogP contribution in [0.15, 0.2) is 34.2 Å². The van der Waals surface area contributed by atoms with Gasteiger partial charge in [0.1, 0.15) is 0 Å². The Bertz CT molecular complexity index is 681. The van der Waals surface area contributed by atoms with E-state index in [9.17, 15) is 8.42 Å². The molecule has 26 heavy (non-hydrogen) atoms. The van der Waals surface area contributed by atoms with E-state index in [-0.39, 0.29) is 24.0 Å². The highest BCUT2D eigenvalue weighted by atomic mass is 127. The predicted molar refractivity (Wildman–Crippen MR) is 119 cm³/mol. The number of nitrogens with one attached hydrogen (secondary N) is 2. The smallest absolute Gasteiger partial charge is 0.191 e. The SMILES string of the molecule is CCNC(=NCC1(C)CCCC1)NCCc1ccc(S(C)(=O)=O)cc1.I. The van der Waals surface area contributed by atoms with Crippen molar-refractivity contribution in [1.82, 2.24) is 10.6 Å². The molecule has 1 saturated carbocycles. The lowest BCUT2D eigenvalue weighted by Gasteiger charge is -2.21.